The molecular formula is C21H14F3N4O3. The lowest BCUT2D eigenvalue weighted by Crippen LogP contribution is -2.18. The van der Waals surface area contributed by atoms with Gasteiger partial charge in [0.2, 0.25) is 5.91 Å². The van der Waals surface area contributed by atoms with Crippen molar-refractivity contribution >= 4 is 46.0 Å². The van der Waals surface area contributed by atoms with E-state index in [9.17, 15) is 22.8 Å². The van der Waals surface area contributed by atoms with E-state index in [1.165, 1.54) is 30.5 Å². The molecule has 31 heavy (non-hydrogen) atoms. The number of nitrogens with zero attached hydrogens (tertiary/aromatic N) is 2. The number of aliphatic hydroxyl groups excluding tert-OH is 1. The lowest BCUT2D eigenvalue weighted by molar-refractivity contribution is -0.116. The molecule has 0 atom stereocenters. The third-order valence-corrected chi connectivity index (χ3v) is 4.54. The van der Waals surface area contributed by atoms with Gasteiger partial charge in [0.1, 0.15) is 17.3 Å². The Kier molecular flexibility index (Phi) is 5.30. The van der Waals surface area contributed by atoms with Crippen LogP contribution < -0.4 is 16.0 Å². The number of carbonyl (C=O) groups is 2. The van der Waals surface area contributed by atoms with E-state index in [0.29, 0.717) is 28.7 Å². The number of rotatable bonds is 5. The van der Waals surface area contributed by atoms with Gasteiger partial charge in [0.15, 0.2) is 11.6 Å². The summed E-state index contributed by atoms with van der Waals surface area (Å²) < 4.78 is 41.5. The van der Waals surface area contributed by atoms with Gasteiger partial charge in [-0.2, -0.15) is 0 Å². The van der Waals surface area contributed by atoms with Crippen molar-refractivity contribution < 1.29 is 27.9 Å². The van der Waals surface area contributed by atoms with Gasteiger partial charge in [-0.1, -0.05) is 0 Å². The topological polar surface area (TPSA) is 105 Å². The number of hydrogen-bond acceptors (Lipinski definition) is 5. The molecule has 10 heteroatoms. The summed E-state index contributed by atoms with van der Waals surface area (Å²) in [4.78, 5) is 28.6. The summed E-state index contributed by atoms with van der Waals surface area (Å²) in [5.41, 5.74) is 0.397. The third kappa shape index (κ3) is 3.92. The lowest BCUT2D eigenvalue weighted by Gasteiger charge is -2.18. The zero-order valence-corrected chi connectivity index (χ0v) is 15.7. The number of carbonyl (C=O) groups excluding carboxylic acids is 2. The smallest absolute Gasteiger partial charge is 0.278 e. The number of aliphatic hydroxyl groups is 1. The molecule has 1 aromatic heterocycles. The predicted octanol–water partition coefficient (Wildman–Crippen LogP) is 3.45. The number of fused-ring (bicyclic) bond motifs is 3. The van der Waals surface area contributed by atoms with Crippen molar-refractivity contribution in [1.82, 2.24) is 10.3 Å². The molecule has 0 fully saturated rings. The fourth-order valence-electron chi connectivity index (χ4n) is 3.19. The number of hydrogen-bond donors (Lipinski definition) is 3. The second-order valence-corrected chi connectivity index (χ2v) is 6.62. The summed E-state index contributed by atoms with van der Waals surface area (Å²) in [6.45, 7) is -0.315. The first kappa shape index (κ1) is 20.4. The van der Waals surface area contributed by atoms with Crippen molar-refractivity contribution in [2.75, 3.05) is 17.2 Å². The summed E-state index contributed by atoms with van der Waals surface area (Å²) in [7, 11) is 0. The molecule has 3 aromatic rings. The Balaban J connectivity index is 1.84. The highest BCUT2D eigenvalue weighted by Gasteiger charge is 2.24. The number of amides is 2. The van der Waals surface area contributed by atoms with Gasteiger partial charge in [0, 0.05) is 35.0 Å². The summed E-state index contributed by atoms with van der Waals surface area (Å²) in [5.74, 6) is -4.44. The highest BCUT2D eigenvalue weighted by molar-refractivity contribution is 6.13. The Morgan fingerprint density at radius 2 is 1.84 bits per heavy atom. The van der Waals surface area contributed by atoms with E-state index in [2.05, 4.69) is 20.9 Å². The molecule has 0 unspecified atom stereocenters. The van der Waals surface area contributed by atoms with Crippen molar-refractivity contribution in [3.63, 3.8) is 0 Å². The zero-order chi connectivity index (χ0) is 22.1. The van der Waals surface area contributed by atoms with Crippen LogP contribution in [0.1, 0.15) is 22.3 Å². The molecule has 2 amide bonds. The van der Waals surface area contributed by atoms with Crippen LogP contribution in [0.25, 0.3) is 17.0 Å². The monoisotopic (exact) mass is 427 g/mol. The Bertz CT molecular complexity index is 1240. The molecule has 0 bridgehead atoms. The van der Waals surface area contributed by atoms with Crippen molar-refractivity contribution in [3.05, 3.63) is 65.1 Å². The molecule has 7 nitrogen and oxygen atoms in total. The average Bonchev–Trinajstić information content (AvgIpc) is 2.71. The van der Waals surface area contributed by atoms with E-state index in [1.807, 2.05) is 0 Å². The molecule has 0 saturated heterocycles. The highest BCUT2D eigenvalue weighted by Crippen LogP contribution is 2.34. The lowest BCUT2D eigenvalue weighted by atomic mass is 9.99. The first-order valence-electron chi connectivity index (χ1n) is 9.09. The van der Waals surface area contributed by atoms with Gasteiger partial charge in [0.05, 0.1) is 24.1 Å². The van der Waals surface area contributed by atoms with Crippen molar-refractivity contribution in [2.45, 2.75) is 6.42 Å². The number of nitrogens with one attached hydrogen (secondary N) is 2. The Morgan fingerprint density at radius 3 is 2.55 bits per heavy atom. The molecule has 1 aliphatic heterocycles. The van der Waals surface area contributed by atoms with Crippen LogP contribution in [0.2, 0.25) is 0 Å². The van der Waals surface area contributed by atoms with Gasteiger partial charge in [-0.25, -0.2) is 23.5 Å². The van der Waals surface area contributed by atoms with E-state index in [1.54, 1.807) is 0 Å². The highest BCUT2D eigenvalue weighted by atomic mass is 19.1. The van der Waals surface area contributed by atoms with Gasteiger partial charge in [-0.05, 0) is 24.3 Å². The van der Waals surface area contributed by atoms with E-state index in [0.717, 1.165) is 0 Å². The first-order chi connectivity index (χ1) is 14.9. The summed E-state index contributed by atoms with van der Waals surface area (Å²) in [6.07, 6.45) is 2.58. The molecular weight excluding hydrogens is 413 g/mol. The molecule has 4 rings (SSSR count). The van der Waals surface area contributed by atoms with Crippen LogP contribution in [-0.2, 0) is 4.79 Å². The maximum absolute atomic E-state index is 14.1. The maximum Gasteiger partial charge on any atom is 0.278 e. The van der Waals surface area contributed by atoms with Crippen LogP contribution in [0, 0.1) is 17.5 Å². The Hall–Kier alpha value is -3.92. The molecule has 157 valence electrons. The van der Waals surface area contributed by atoms with E-state index in [4.69, 9.17) is 5.11 Å². The minimum absolute atomic E-state index is 0.0246. The molecule has 0 saturated carbocycles. The normalized spacial score (nSPS) is 12.5. The van der Waals surface area contributed by atoms with Gasteiger partial charge in [-0.3, -0.25) is 9.59 Å². The number of aromatic nitrogens is 1. The SMILES string of the molecule is O=C(CCO)Nc1ccc2nc(Nc3c(F)cc(F)cc3F)c3c(c2c1)C(=O)[N]C=C3. The van der Waals surface area contributed by atoms with E-state index >= 15 is 0 Å². The largest absolute Gasteiger partial charge is 0.396 e. The quantitative estimate of drug-likeness (QED) is 0.579. The van der Waals surface area contributed by atoms with Crippen LogP contribution in [0.3, 0.4) is 0 Å². The number of halogens is 3. The van der Waals surface area contributed by atoms with Gasteiger partial charge in [0.25, 0.3) is 5.91 Å². The van der Waals surface area contributed by atoms with Gasteiger partial charge >= 0.3 is 0 Å². The molecule has 3 N–H and O–H groups in total. The standard InChI is InChI=1S/C21H14F3N4O3/c22-10-7-14(23)19(15(24)8-10)28-20-12-3-5-25-21(31)18(12)13-9-11(1-2-16(13)27-20)26-17(30)4-6-29/h1-3,5,7-9,29H,4,6H2,(H,26,30)(H,27,28). The van der Waals surface area contributed by atoms with Gasteiger partial charge in [-0.15, -0.1) is 0 Å². The van der Waals surface area contributed by atoms with Crippen LogP contribution in [0.4, 0.5) is 30.4 Å². The Morgan fingerprint density at radius 1 is 1.10 bits per heavy atom. The molecule has 2 heterocycles. The van der Waals surface area contributed by atoms with Crippen LogP contribution in [0.5, 0.6) is 0 Å². The zero-order valence-electron chi connectivity index (χ0n) is 15.7. The first-order valence-corrected chi connectivity index (χ1v) is 9.09. The molecule has 1 radical (unpaired) electrons. The third-order valence-electron chi connectivity index (χ3n) is 4.54. The number of pyridine rings is 1. The van der Waals surface area contributed by atoms with Crippen molar-refractivity contribution in [1.29, 1.82) is 0 Å². The maximum atomic E-state index is 14.1. The van der Waals surface area contributed by atoms with Crippen LogP contribution in [0.15, 0.2) is 36.5 Å². The fraction of sp³-hybridized carbons (Fsp3) is 0.0952. The van der Waals surface area contributed by atoms with Gasteiger partial charge < -0.3 is 15.7 Å². The second-order valence-electron chi connectivity index (χ2n) is 6.62. The van der Waals surface area contributed by atoms with Crippen LogP contribution >= 0.6 is 0 Å². The summed E-state index contributed by atoms with van der Waals surface area (Å²) >= 11 is 0. The van der Waals surface area contributed by atoms with E-state index in [-0.39, 0.29) is 30.0 Å². The number of benzene rings is 2. The molecule has 0 aliphatic carbocycles. The average molecular weight is 427 g/mol. The molecule has 1 aliphatic rings. The molecule has 2 aromatic carbocycles. The van der Waals surface area contributed by atoms with Crippen molar-refractivity contribution in [3.8, 4) is 0 Å². The minimum atomic E-state index is -1.16. The Labute approximate surface area is 173 Å². The molecule has 0 spiro atoms. The van der Waals surface area contributed by atoms with Crippen molar-refractivity contribution in [2.24, 2.45) is 0 Å². The number of anilines is 3. The predicted molar refractivity (Wildman–Crippen MR) is 107 cm³/mol. The second kappa shape index (κ2) is 8.07. The van der Waals surface area contributed by atoms with E-state index < -0.39 is 35.0 Å². The summed E-state index contributed by atoms with van der Waals surface area (Å²) in [5, 5.41) is 18.1. The summed E-state index contributed by atoms with van der Waals surface area (Å²) in [6, 6.07) is 5.61. The van der Waals surface area contributed by atoms with Crippen LogP contribution in [-0.4, -0.2) is 28.5 Å². The minimum Gasteiger partial charge on any atom is -0.396 e. The fourth-order valence-corrected chi connectivity index (χ4v) is 3.19.